The van der Waals surface area contributed by atoms with Gasteiger partial charge in [-0.05, 0) is 139 Å². The standard InChI is InChI=1S/C47H62B2N2O6/c1-43(2)44(3,4)55-48(54-43)35-17-19-41-39(33-35)40-34-36(49-56-45(5,6)46(7,8)57-49)18-20-42(40)47(41,25-13-9-11-15-31-52-37-21-27-50-28-22-37)26-14-10-12-16-32-53-38-23-29-51-30-24-38/h17-24,27-30,33-34H,9-16,25-26,31-32H2,1-8H3. The molecule has 57 heavy (non-hydrogen) atoms. The first-order valence-corrected chi connectivity index (χ1v) is 21.3. The van der Waals surface area contributed by atoms with Gasteiger partial charge in [-0.25, -0.2) is 0 Å². The number of hydrogen-bond donors (Lipinski definition) is 0. The van der Waals surface area contributed by atoms with Crippen LogP contribution in [0.25, 0.3) is 11.1 Å². The normalized spacial score (nSPS) is 19.4. The number of rotatable bonds is 18. The Hall–Kier alpha value is -3.69. The molecule has 8 nitrogen and oxygen atoms in total. The predicted octanol–water partition coefficient (Wildman–Crippen LogP) is 9.40. The molecule has 0 bridgehead atoms. The van der Waals surface area contributed by atoms with Gasteiger partial charge in [-0.2, -0.15) is 0 Å². The molecule has 0 radical (unpaired) electrons. The van der Waals surface area contributed by atoms with Crippen molar-refractivity contribution in [1.29, 1.82) is 0 Å². The Morgan fingerprint density at radius 2 is 0.807 bits per heavy atom. The van der Waals surface area contributed by atoms with Crippen molar-refractivity contribution in [2.75, 3.05) is 13.2 Å². The van der Waals surface area contributed by atoms with Gasteiger partial charge < -0.3 is 28.1 Å². The summed E-state index contributed by atoms with van der Waals surface area (Å²) in [6.45, 7) is 18.4. The molecule has 0 amide bonds. The van der Waals surface area contributed by atoms with Gasteiger partial charge in [0, 0.05) is 30.2 Å². The quantitative estimate of drug-likeness (QED) is 0.0732. The van der Waals surface area contributed by atoms with Crippen LogP contribution in [0.3, 0.4) is 0 Å². The molecule has 2 aromatic heterocycles. The van der Waals surface area contributed by atoms with Crippen molar-refractivity contribution >= 4 is 25.2 Å². The number of aromatic nitrogens is 2. The third kappa shape index (κ3) is 8.85. The molecule has 4 heterocycles. The molecule has 7 rings (SSSR count). The molecule has 2 fully saturated rings. The number of hydrogen-bond acceptors (Lipinski definition) is 8. The van der Waals surface area contributed by atoms with E-state index in [9.17, 15) is 0 Å². The molecule has 10 heteroatoms. The number of fused-ring (bicyclic) bond motifs is 3. The van der Waals surface area contributed by atoms with E-state index in [0.29, 0.717) is 0 Å². The molecule has 2 saturated heterocycles. The maximum Gasteiger partial charge on any atom is 0.494 e. The SMILES string of the molecule is CC1(C)OB(c2ccc3c(c2)-c2cc(B4OC(C)(C)C(C)(C)O4)ccc2C3(CCCCCCOc2ccncc2)CCCCCCOc2ccncc2)OC1(C)C. The van der Waals surface area contributed by atoms with Crippen LogP contribution in [0.2, 0.25) is 0 Å². The van der Waals surface area contributed by atoms with Gasteiger partial charge in [0.1, 0.15) is 11.5 Å². The van der Waals surface area contributed by atoms with Gasteiger partial charge >= 0.3 is 14.2 Å². The van der Waals surface area contributed by atoms with Crippen LogP contribution in [0.4, 0.5) is 0 Å². The molecule has 302 valence electrons. The first-order chi connectivity index (χ1) is 27.2. The highest BCUT2D eigenvalue weighted by Crippen LogP contribution is 2.54. The van der Waals surface area contributed by atoms with Crippen molar-refractivity contribution in [1.82, 2.24) is 9.97 Å². The molecule has 2 aliphatic heterocycles. The van der Waals surface area contributed by atoms with Crippen LogP contribution in [0.15, 0.2) is 85.5 Å². The summed E-state index contributed by atoms with van der Waals surface area (Å²) in [5.41, 5.74) is 5.66. The summed E-state index contributed by atoms with van der Waals surface area (Å²) < 4.78 is 38.3. The lowest BCUT2D eigenvalue weighted by Crippen LogP contribution is -2.41. The first kappa shape index (κ1) is 41.5. The minimum Gasteiger partial charge on any atom is -0.493 e. The van der Waals surface area contributed by atoms with E-state index in [4.69, 9.17) is 28.1 Å². The first-order valence-electron chi connectivity index (χ1n) is 21.3. The summed E-state index contributed by atoms with van der Waals surface area (Å²) in [4.78, 5) is 8.20. The molecule has 4 aromatic rings. The van der Waals surface area contributed by atoms with Gasteiger partial charge in [0.15, 0.2) is 0 Å². The molecular weight excluding hydrogens is 710 g/mol. The molecule has 3 aliphatic rings. The fraction of sp³-hybridized carbons (Fsp3) is 0.532. The molecule has 2 aromatic carbocycles. The van der Waals surface area contributed by atoms with E-state index in [0.717, 1.165) is 99.8 Å². The molecule has 0 saturated carbocycles. The number of ether oxygens (including phenoxy) is 2. The average molecular weight is 773 g/mol. The highest BCUT2D eigenvalue weighted by molar-refractivity contribution is 6.63. The lowest BCUT2D eigenvalue weighted by molar-refractivity contribution is 0.00578. The van der Waals surface area contributed by atoms with E-state index < -0.39 is 36.6 Å². The van der Waals surface area contributed by atoms with E-state index in [2.05, 4.69) is 102 Å². The summed E-state index contributed by atoms with van der Waals surface area (Å²) in [7, 11) is -0.873. The minimum absolute atomic E-state index is 0.116. The Labute approximate surface area is 342 Å². The Morgan fingerprint density at radius 3 is 1.18 bits per heavy atom. The predicted molar refractivity (Wildman–Crippen MR) is 230 cm³/mol. The lowest BCUT2D eigenvalue weighted by atomic mass is 9.69. The zero-order valence-corrected chi connectivity index (χ0v) is 35.6. The zero-order valence-electron chi connectivity index (χ0n) is 35.6. The molecule has 0 spiro atoms. The van der Waals surface area contributed by atoms with Gasteiger partial charge in [0.25, 0.3) is 0 Å². The molecule has 0 unspecified atom stereocenters. The van der Waals surface area contributed by atoms with Crippen molar-refractivity contribution in [2.24, 2.45) is 0 Å². The fourth-order valence-corrected chi connectivity index (χ4v) is 8.48. The number of nitrogens with zero attached hydrogens (tertiary/aromatic N) is 2. The van der Waals surface area contributed by atoms with Gasteiger partial charge in [-0.1, -0.05) is 74.9 Å². The smallest absolute Gasteiger partial charge is 0.493 e. The van der Waals surface area contributed by atoms with Crippen molar-refractivity contribution < 1.29 is 28.1 Å². The second kappa shape index (κ2) is 16.9. The molecule has 0 N–H and O–H groups in total. The number of unbranched alkanes of at least 4 members (excludes halogenated alkanes) is 6. The van der Waals surface area contributed by atoms with Crippen LogP contribution in [0.5, 0.6) is 11.5 Å². The van der Waals surface area contributed by atoms with Crippen LogP contribution >= 0.6 is 0 Å². The van der Waals surface area contributed by atoms with Gasteiger partial charge in [0.2, 0.25) is 0 Å². The Balaban J connectivity index is 1.15. The summed E-state index contributed by atoms with van der Waals surface area (Å²) in [6, 6.07) is 21.6. The molecular formula is C47H62B2N2O6. The van der Waals surface area contributed by atoms with Crippen molar-refractivity contribution in [3.05, 3.63) is 96.6 Å². The van der Waals surface area contributed by atoms with E-state index in [1.807, 2.05) is 24.3 Å². The highest BCUT2D eigenvalue weighted by Gasteiger charge is 2.54. The topological polar surface area (TPSA) is 81.2 Å². The third-order valence-electron chi connectivity index (χ3n) is 13.3. The van der Waals surface area contributed by atoms with Crippen LogP contribution < -0.4 is 20.4 Å². The number of benzene rings is 2. The fourth-order valence-electron chi connectivity index (χ4n) is 8.48. The summed E-state index contributed by atoms with van der Waals surface area (Å²) in [5.74, 6) is 1.76. The van der Waals surface area contributed by atoms with Crippen LogP contribution in [0, 0.1) is 0 Å². The van der Waals surface area contributed by atoms with Crippen LogP contribution in [-0.4, -0.2) is 59.8 Å². The monoisotopic (exact) mass is 772 g/mol. The minimum atomic E-state index is -0.436. The second-order valence-electron chi connectivity index (χ2n) is 18.3. The maximum absolute atomic E-state index is 6.59. The third-order valence-corrected chi connectivity index (χ3v) is 13.3. The largest absolute Gasteiger partial charge is 0.494 e. The highest BCUT2D eigenvalue weighted by atomic mass is 16.7. The van der Waals surface area contributed by atoms with Gasteiger partial charge in [-0.15, -0.1) is 0 Å². The van der Waals surface area contributed by atoms with Crippen molar-refractivity contribution in [3.63, 3.8) is 0 Å². The van der Waals surface area contributed by atoms with E-state index in [-0.39, 0.29) is 5.41 Å². The van der Waals surface area contributed by atoms with Crippen LogP contribution in [0.1, 0.15) is 131 Å². The zero-order chi connectivity index (χ0) is 40.3. The van der Waals surface area contributed by atoms with E-state index in [1.54, 1.807) is 24.8 Å². The summed E-state index contributed by atoms with van der Waals surface area (Å²) in [5, 5.41) is 0. The lowest BCUT2D eigenvalue weighted by Gasteiger charge is -2.33. The molecule has 1 aliphatic carbocycles. The maximum atomic E-state index is 6.59. The second-order valence-corrected chi connectivity index (χ2v) is 18.3. The van der Waals surface area contributed by atoms with Gasteiger partial charge in [-0.3, -0.25) is 9.97 Å². The summed E-state index contributed by atoms with van der Waals surface area (Å²) >= 11 is 0. The van der Waals surface area contributed by atoms with Crippen molar-refractivity contribution in [3.8, 4) is 22.6 Å². The Kier molecular flexibility index (Phi) is 12.3. The average Bonchev–Trinajstić information content (AvgIpc) is 3.68. The Bertz CT molecular complexity index is 1780. The van der Waals surface area contributed by atoms with E-state index >= 15 is 0 Å². The summed E-state index contributed by atoms with van der Waals surface area (Å²) in [6.07, 6.45) is 18.1. The van der Waals surface area contributed by atoms with E-state index in [1.165, 1.54) is 22.3 Å². The van der Waals surface area contributed by atoms with Crippen LogP contribution in [-0.2, 0) is 24.0 Å². The van der Waals surface area contributed by atoms with Gasteiger partial charge in [0.05, 0.1) is 35.6 Å². The Morgan fingerprint density at radius 1 is 0.456 bits per heavy atom. The molecule has 0 atom stereocenters. The number of pyridine rings is 2. The van der Waals surface area contributed by atoms with Crippen molar-refractivity contribution in [2.45, 2.75) is 147 Å².